The van der Waals surface area contributed by atoms with Crippen LogP contribution in [0.3, 0.4) is 0 Å². The van der Waals surface area contributed by atoms with Gasteiger partial charge in [-0.25, -0.2) is 0 Å². The predicted octanol–water partition coefficient (Wildman–Crippen LogP) is 5.02. The highest BCUT2D eigenvalue weighted by Gasteiger charge is 2.28. The number of ether oxygens (including phenoxy) is 3. The van der Waals surface area contributed by atoms with Gasteiger partial charge in [-0.15, -0.1) is 6.58 Å². The summed E-state index contributed by atoms with van der Waals surface area (Å²) >= 11 is 6.50. The van der Waals surface area contributed by atoms with Gasteiger partial charge in [-0.3, -0.25) is 9.69 Å². The Hall–Kier alpha value is -2.77. The molecule has 31 heavy (non-hydrogen) atoms. The van der Waals surface area contributed by atoms with Gasteiger partial charge in [0, 0.05) is 12.6 Å². The number of allylic oxidation sites excluding steroid dienone is 1. The summed E-state index contributed by atoms with van der Waals surface area (Å²) in [4.78, 5) is 14.4. The van der Waals surface area contributed by atoms with Crippen LogP contribution in [0.5, 0.6) is 17.2 Å². The summed E-state index contributed by atoms with van der Waals surface area (Å²) in [6.45, 7) is 6.64. The zero-order valence-electron chi connectivity index (χ0n) is 17.8. The fraction of sp³-hybridized carbons (Fsp3) is 0.250. The van der Waals surface area contributed by atoms with Crippen LogP contribution in [0.1, 0.15) is 16.7 Å². The Kier molecular flexibility index (Phi) is 7.76. The first-order valence-corrected chi connectivity index (χ1v) is 11.0. The molecule has 2 aromatic carbocycles. The fourth-order valence-corrected chi connectivity index (χ4v) is 4.20. The summed E-state index contributed by atoms with van der Waals surface area (Å²) in [5.74, 6) is 1.94. The van der Waals surface area contributed by atoms with Crippen molar-refractivity contribution in [3.63, 3.8) is 0 Å². The van der Waals surface area contributed by atoms with E-state index in [0.29, 0.717) is 40.4 Å². The Labute approximate surface area is 192 Å². The van der Waals surface area contributed by atoms with Crippen LogP contribution in [0.15, 0.2) is 54.0 Å². The molecule has 1 aliphatic heterocycles. The van der Waals surface area contributed by atoms with Gasteiger partial charge in [-0.2, -0.15) is 0 Å². The van der Waals surface area contributed by atoms with Crippen molar-refractivity contribution in [2.24, 2.45) is 0 Å². The second-order valence-electron chi connectivity index (χ2n) is 6.95. The molecule has 0 radical (unpaired) electrons. The Morgan fingerprint density at radius 3 is 2.48 bits per heavy atom. The molecule has 1 amide bonds. The molecule has 2 aromatic rings. The zero-order valence-corrected chi connectivity index (χ0v) is 19.5. The summed E-state index contributed by atoms with van der Waals surface area (Å²) in [6, 6.07) is 11.7. The van der Waals surface area contributed by atoms with Crippen molar-refractivity contribution in [3.05, 3.63) is 70.6 Å². The van der Waals surface area contributed by atoms with E-state index < -0.39 is 0 Å². The Bertz CT molecular complexity index is 1010. The number of likely N-dealkylation sites (N-methyl/N-ethyl adjacent to an activating group) is 1. The number of aryl methyl sites for hydroxylation is 1. The molecule has 0 unspecified atom stereocenters. The molecule has 0 aliphatic carbocycles. The lowest BCUT2D eigenvalue weighted by molar-refractivity contribution is -0.121. The lowest BCUT2D eigenvalue weighted by atomic mass is 10.0. The van der Waals surface area contributed by atoms with Gasteiger partial charge in [0.25, 0.3) is 5.91 Å². The Morgan fingerprint density at radius 2 is 1.87 bits per heavy atom. The quantitative estimate of drug-likeness (QED) is 0.229. The average Bonchev–Trinajstić information content (AvgIpc) is 3.00. The minimum atomic E-state index is -0.104. The predicted molar refractivity (Wildman–Crippen MR) is 130 cm³/mol. The third kappa shape index (κ3) is 5.68. The highest BCUT2D eigenvalue weighted by Crippen LogP contribution is 2.37. The van der Waals surface area contributed by atoms with E-state index in [9.17, 15) is 4.79 Å². The molecule has 162 valence electrons. The number of hydrogen-bond acceptors (Lipinski definition) is 6. The zero-order chi connectivity index (χ0) is 22.4. The second kappa shape index (κ2) is 10.5. The molecule has 0 aromatic heterocycles. The number of amides is 1. The smallest absolute Gasteiger partial charge is 0.265 e. The van der Waals surface area contributed by atoms with E-state index in [1.165, 1.54) is 22.2 Å². The Morgan fingerprint density at radius 1 is 1.16 bits per heavy atom. The van der Waals surface area contributed by atoms with Crippen molar-refractivity contribution in [2.45, 2.75) is 13.3 Å². The van der Waals surface area contributed by atoms with E-state index in [4.69, 9.17) is 26.4 Å². The summed E-state index contributed by atoms with van der Waals surface area (Å²) in [7, 11) is 3.27. The number of carbonyl (C=O) groups excluding carboxylic acids is 1. The van der Waals surface area contributed by atoms with Crippen molar-refractivity contribution in [3.8, 4) is 17.2 Å². The van der Waals surface area contributed by atoms with Gasteiger partial charge in [-0.1, -0.05) is 47.8 Å². The number of thioether (sulfide) groups is 1. The van der Waals surface area contributed by atoms with Crippen LogP contribution in [0.25, 0.3) is 6.08 Å². The topological polar surface area (TPSA) is 48.0 Å². The molecule has 3 rings (SSSR count). The van der Waals surface area contributed by atoms with Crippen LogP contribution >= 0.6 is 24.0 Å². The maximum absolute atomic E-state index is 12.3. The molecule has 0 atom stereocenters. The van der Waals surface area contributed by atoms with E-state index in [0.717, 1.165) is 16.9 Å². The minimum Gasteiger partial charge on any atom is -0.493 e. The van der Waals surface area contributed by atoms with Crippen LogP contribution in [0.2, 0.25) is 0 Å². The molecule has 1 saturated heterocycles. The standard InChI is InChI=1S/C24H25NO4S2/c1-5-6-18-13-17(15-21-23(26)25(3)24(30)31-21)14-20(27-4)22(18)29-12-11-28-19-9-7-16(2)8-10-19/h5,7-10,13-15H,1,6,11-12H2,2-4H3/b21-15+. The van der Waals surface area contributed by atoms with Crippen LogP contribution in [0, 0.1) is 6.92 Å². The van der Waals surface area contributed by atoms with Crippen LogP contribution in [-0.2, 0) is 11.2 Å². The summed E-state index contributed by atoms with van der Waals surface area (Å²) in [5.41, 5.74) is 2.94. The van der Waals surface area contributed by atoms with Gasteiger partial charge < -0.3 is 14.2 Å². The van der Waals surface area contributed by atoms with E-state index in [2.05, 4.69) is 6.58 Å². The lowest BCUT2D eigenvalue weighted by Gasteiger charge is -2.16. The number of benzene rings is 2. The van der Waals surface area contributed by atoms with Crippen molar-refractivity contribution >= 4 is 40.3 Å². The molecule has 1 heterocycles. The van der Waals surface area contributed by atoms with Gasteiger partial charge in [0.1, 0.15) is 23.3 Å². The highest BCUT2D eigenvalue weighted by molar-refractivity contribution is 8.26. The first-order chi connectivity index (χ1) is 14.9. The summed E-state index contributed by atoms with van der Waals surface area (Å²) in [6.07, 6.45) is 4.23. The van der Waals surface area contributed by atoms with Gasteiger partial charge in [0.2, 0.25) is 0 Å². The van der Waals surface area contributed by atoms with Crippen LogP contribution < -0.4 is 14.2 Å². The Balaban J connectivity index is 1.76. The van der Waals surface area contributed by atoms with Crippen molar-refractivity contribution in [1.29, 1.82) is 0 Å². The summed E-state index contributed by atoms with van der Waals surface area (Å²) in [5, 5.41) is 0. The molecule has 0 spiro atoms. The van der Waals surface area contributed by atoms with Crippen molar-refractivity contribution in [2.75, 3.05) is 27.4 Å². The van der Waals surface area contributed by atoms with Crippen LogP contribution in [-0.4, -0.2) is 42.5 Å². The third-order valence-corrected chi connectivity index (χ3v) is 6.13. The van der Waals surface area contributed by atoms with Gasteiger partial charge in [0.05, 0.1) is 12.0 Å². The van der Waals surface area contributed by atoms with Crippen molar-refractivity contribution in [1.82, 2.24) is 4.90 Å². The number of methoxy groups -OCH3 is 1. The molecular weight excluding hydrogens is 430 g/mol. The van der Waals surface area contributed by atoms with Crippen molar-refractivity contribution < 1.29 is 19.0 Å². The van der Waals surface area contributed by atoms with E-state index in [1.807, 2.05) is 49.4 Å². The largest absolute Gasteiger partial charge is 0.493 e. The summed E-state index contributed by atoms with van der Waals surface area (Å²) < 4.78 is 17.9. The normalized spacial score (nSPS) is 14.8. The number of thiocarbonyl (C=S) groups is 1. The number of nitrogens with zero attached hydrogens (tertiary/aromatic N) is 1. The van der Waals surface area contributed by atoms with E-state index >= 15 is 0 Å². The maximum Gasteiger partial charge on any atom is 0.265 e. The monoisotopic (exact) mass is 455 g/mol. The first-order valence-electron chi connectivity index (χ1n) is 9.78. The first kappa shape index (κ1) is 22.9. The molecule has 5 nitrogen and oxygen atoms in total. The van der Waals surface area contributed by atoms with E-state index in [-0.39, 0.29) is 5.91 Å². The highest BCUT2D eigenvalue weighted by atomic mass is 32.2. The molecular formula is C24H25NO4S2. The fourth-order valence-electron chi connectivity index (χ4n) is 3.02. The lowest BCUT2D eigenvalue weighted by Crippen LogP contribution is -2.22. The van der Waals surface area contributed by atoms with Gasteiger partial charge in [0.15, 0.2) is 11.5 Å². The number of carbonyl (C=O) groups is 1. The molecule has 1 fully saturated rings. The molecule has 0 bridgehead atoms. The molecule has 1 aliphatic rings. The third-order valence-electron chi connectivity index (χ3n) is 4.64. The molecule has 0 saturated carbocycles. The SMILES string of the molecule is C=CCc1cc(/C=C2/SC(=S)N(C)C2=O)cc(OC)c1OCCOc1ccc(C)cc1. The maximum atomic E-state index is 12.3. The average molecular weight is 456 g/mol. The van der Waals surface area contributed by atoms with Gasteiger partial charge in [-0.05, 0) is 49.2 Å². The van der Waals surface area contributed by atoms with Crippen LogP contribution in [0.4, 0.5) is 0 Å². The number of rotatable bonds is 9. The van der Waals surface area contributed by atoms with E-state index in [1.54, 1.807) is 20.2 Å². The number of hydrogen-bond donors (Lipinski definition) is 0. The molecule has 0 N–H and O–H groups in total. The minimum absolute atomic E-state index is 0.104. The second-order valence-corrected chi connectivity index (χ2v) is 8.63. The molecule has 7 heteroatoms. The van der Waals surface area contributed by atoms with Gasteiger partial charge >= 0.3 is 0 Å².